The van der Waals surface area contributed by atoms with Crippen molar-refractivity contribution in [2.45, 2.75) is 6.54 Å². The quantitative estimate of drug-likeness (QED) is 0.199. The van der Waals surface area contributed by atoms with Gasteiger partial charge in [-0.05, 0) is 6.07 Å². The summed E-state index contributed by atoms with van der Waals surface area (Å²) in [4.78, 5) is 23.4. The smallest absolute Gasteiger partial charge is 0.287 e. The Morgan fingerprint density at radius 3 is 2.50 bits per heavy atom. The molecule has 2 heterocycles. The van der Waals surface area contributed by atoms with Crippen molar-refractivity contribution in [2.75, 3.05) is 0 Å². The number of carbonyl (C=O) groups is 1. The number of fused-ring (bicyclic) bond motifs is 1. The van der Waals surface area contributed by atoms with Crippen LogP contribution in [0.25, 0.3) is 16.9 Å². The predicted molar refractivity (Wildman–Crippen MR) is 100 cm³/mol. The van der Waals surface area contributed by atoms with Crippen molar-refractivity contribution in [3.63, 3.8) is 0 Å². The third kappa shape index (κ3) is 3.70. The van der Waals surface area contributed by atoms with Crippen LogP contribution in [0.1, 0.15) is 10.4 Å². The van der Waals surface area contributed by atoms with Crippen LogP contribution >= 0.6 is 0 Å². The lowest BCUT2D eigenvalue weighted by atomic mass is 10.1. The van der Waals surface area contributed by atoms with Gasteiger partial charge in [0.05, 0.1) is 11.1 Å². The summed E-state index contributed by atoms with van der Waals surface area (Å²) in [6, 6.07) is 21.4. The molecule has 6 nitrogen and oxygen atoms in total. The van der Waals surface area contributed by atoms with Crippen LogP contribution in [0, 0.1) is 10.1 Å². The van der Waals surface area contributed by atoms with Crippen molar-refractivity contribution in [2.24, 2.45) is 0 Å². The van der Waals surface area contributed by atoms with E-state index in [1.807, 2.05) is 69.9 Å². The second-order valence-electron chi connectivity index (χ2n) is 6.16. The van der Waals surface area contributed by atoms with E-state index in [-0.39, 0.29) is 35.0 Å². The van der Waals surface area contributed by atoms with Crippen molar-refractivity contribution >= 4 is 17.1 Å². The van der Waals surface area contributed by atoms with Gasteiger partial charge in [-0.15, -0.1) is 0 Å². The van der Waals surface area contributed by atoms with Gasteiger partial charge in [0.25, 0.3) is 11.3 Å². The summed E-state index contributed by atoms with van der Waals surface area (Å²) in [6.07, 6.45) is 3.90. The van der Waals surface area contributed by atoms with E-state index in [1.54, 1.807) is 6.07 Å². The minimum absolute atomic E-state index is 0. The third-order valence-electron chi connectivity index (χ3n) is 4.45. The average Bonchev–Trinajstić information content (AvgIpc) is 3.07. The molecule has 0 atom stereocenters. The van der Waals surface area contributed by atoms with Crippen LogP contribution in [0.2, 0.25) is 0 Å². The van der Waals surface area contributed by atoms with Crippen molar-refractivity contribution in [1.29, 1.82) is 0 Å². The second-order valence-corrected chi connectivity index (χ2v) is 6.16. The fourth-order valence-electron chi connectivity index (χ4n) is 3.14. The van der Waals surface area contributed by atoms with E-state index in [1.165, 1.54) is 18.2 Å². The lowest BCUT2D eigenvalue weighted by molar-refractivity contribution is -0.510. The minimum atomic E-state index is -0.493. The molecule has 4 rings (SSSR count). The maximum Gasteiger partial charge on any atom is 0.287 e. The van der Waals surface area contributed by atoms with Gasteiger partial charge in [-0.1, -0.05) is 48.5 Å². The van der Waals surface area contributed by atoms with Gasteiger partial charge in [0.2, 0.25) is 5.78 Å². The molecule has 0 saturated heterocycles. The van der Waals surface area contributed by atoms with E-state index in [9.17, 15) is 14.9 Å². The van der Waals surface area contributed by atoms with Crippen LogP contribution in [-0.2, 0) is 6.54 Å². The highest BCUT2D eigenvalue weighted by Gasteiger charge is 2.22. The number of aromatic nitrogens is 2. The number of Topliss-reactive ketones (excluding diaryl/α,β-unsaturated/α-hetero) is 1. The molecular formula is C21H16BrN3O3. The molecule has 0 spiro atoms. The Balaban J connectivity index is 0.00000225. The Morgan fingerprint density at radius 1 is 1.00 bits per heavy atom. The maximum atomic E-state index is 12.9. The highest BCUT2D eigenvalue weighted by Crippen LogP contribution is 2.22. The van der Waals surface area contributed by atoms with Crippen LogP contribution < -0.4 is 21.4 Å². The largest absolute Gasteiger partial charge is 1.00 e. The van der Waals surface area contributed by atoms with Gasteiger partial charge in [-0.25, -0.2) is 8.97 Å². The van der Waals surface area contributed by atoms with Crippen LogP contribution in [0.4, 0.5) is 5.69 Å². The molecule has 0 amide bonds. The second kappa shape index (κ2) is 8.14. The number of pyridine rings is 1. The van der Waals surface area contributed by atoms with Crippen molar-refractivity contribution in [1.82, 2.24) is 4.57 Å². The van der Waals surface area contributed by atoms with E-state index < -0.39 is 4.92 Å². The number of rotatable bonds is 5. The van der Waals surface area contributed by atoms with Crippen LogP contribution in [0.3, 0.4) is 0 Å². The summed E-state index contributed by atoms with van der Waals surface area (Å²) in [7, 11) is 0. The number of nitro groups is 1. The van der Waals surface area contributed by atoms with Gasteiger partial charge in [0, 0.05) is 29.3 Å². The fourth-order valence-corrected chi connectivity index (χ4v) is 3.14. The Bertz CT molecular complexity index is 1160. The first-order valence-corrected chi connectivity index (χ1v) is 8.46. The summed E-state index contributed by atoms with van der Waals surface area (Å²) in [5.41, 5.74) is 3.01. The molecular weight excluding hydrogens is 422 g/mol. The highest BCUT2D eigenvalue weighted by molar-refractivity contribution is 5.97. The molecule has 0 fully saturated rings. The third-order valence-corrected chi connectivity index (χ3v) is 4.45. The minimum Gasteiger partial charge on any atom is -1.00 e. The predicted octanol–water partition coefficient (Wildman–Crippen LogP) is 0.689. The molecule has 2 aromatic heterocycles. The van der Waals surface area contributed by atoms with Crippen molar-refractivity contribution in [3.8, 4) is 11.3 Å². The first kappa shape index (κ1) is 19.4. The standard InChI is InChI=1S/C21H16N3O3.BrH/c25-20(17-9-6-10-18(13-17)24(26)27)15-23-19(16-7-2-1-3-8-16)14-22-12-5-4-11-21(22)23;/h1-14H,15H2;1H/q+1;/p-1. The number of nitrogens with zero attached hydrogens (tertiary/aromatic N) is 3. The summed E-state index contributed by atoms with van der Waals surface area (Å²) >= 11 is 0. The Labute approximate surface area is 171 Å². The molecule has 4 aromatic rings. The number of hydrogen-bond acceptors (Lipinski definition) is 3. The molecule has 0 bridgehead atoms. The Kier molecular flexibility index (Phi) is 5.65. The normalized spacial score (nSPS) is 10.4. The van der Waals surface area contributed by atoms with Gasteiger partial charge in [0.15, 0.2) is 12.2 Å². The molecule has 140 valence electrons. The molecule has 0 aliphatic carbocycles. The summed E-state index contributed by atoms with van der Waals surface area (Å²) in [5.74, 6) is -0.183. The molecule has 0 radical (unpaired) electrons. The topological polar surface area (TPSA) is 69.2 Å². The number of halogens is 1. The Morgan fingerprint density at radius 2 is 1.75 bits per heavy atom. The van der Waals surface area contributed by atoms with Crippen molar-refractivity contribution < 1.29 is 31.1 Å². The number of nitro benzene ring substituents is 1. The van der Waals surface area contributed by atoms with E-state index >= 15 is 0 Å². The van der Waals surface area contributed by atoms with Crippen LogP contribution in [0.5, 0.6) is 0 Å². The first-order chi connectivity index (χ1) is 13.1. The van der Waals surface area contributed by atoms with Crippen LogP contribution in [0.15, 0.2) is 85.2 Å². The lowest BCUT2D eigenvalue weighted by Gasteiger charge is -2.03. The van der Waals surface area contributed by atoms with Gasteiger partial charge >= 0.3 is 0 Å². The van der Waals surface area contributed by atoms with Gasteiger partial charge in [-0.3, -0.25) is 14.9 Å². The Hall–Kier alpha value is -3.32. The molecule has 0 unspecified atom stereocenters. The maximum absolute atomic E-state index is 12.9. The molecule has 0 aliphatic rings. The van der Waals surface area contributed by atoms with E-state index in [0.717, 1.165) is 16.9 Å². The average molecular weight is 438 g/mol. The van der Waals surface area contributed by atoms with E-state index in [4.69, 9.17) is 0 Å². The van der Waals surface area contributed by atoms with Gasteiger partial charge in [0.1, 0.15) is 6.20 Å². The number of imidazole rings is 1. The first-order valence-electron chi connectivity index (χ1n) is 8.46. The molecule has 28 heavy (non-hydrogen) atoms. The zero-order chi connectivity index (χ0) is 18.8. The fraction of sp³-hybridized carbons (Fsp3) is 0.0476. The number of non-ortho nitro benzene ring substituents is 1. The van der Waals surface area contributed by atoms with E-state index in [2.05, 4.69) is 0 Å². The molecule has 2 aromatic carbocycles. The zero-order valence-electron chi connectivity index (χ0n) is 14.7. The highest BCUT2D eigenvalue weighted by atomic mass is 79.9. The molecule has 0 N–H and O–H groups in total. The molecule has 7 heteroatoms. The number of carbonyl (C=O) groups excluding carboxylic acids is 1. The molecule has 0 saturated carbocycles. The lowest BCUT2D eigenvalue weighted by Crippen LogP contribution is -3.00. The van der Waals surface area contributed by atoms with Crippen molar-refractivity contribution in [3.05, 3.63) is 101 Å². The summed E-state index contributed by atoms with van der Waals surface area (Å²) in [6.45, 7) is 0.0892. The number of hydrogen-bond donors (Lipinski definition) is 0. The number of benzene rings is 2. The van der Waals surface area contributed by atoms with Gasteiger partial charge < -0.3 is 17.0 Å². The SMILES string of the molecule is O=C(Cn1c(-c2ccccc2)c[n+]2ccccc12)c1cccc([N+](=O)[O-])c1.[Br-]. The van der Waals surface area contributed by atoms with Crippen LogP contribution in [-0.4, -0.2) is 15.3 Å². The zero-order valence-corrected chi connectivity index (χ0v) is 16.3. The number of ketones is 1. The van der Waals surface area contributed by atoms with Gasteiger partial charge in [-0.2, -0.15) is 0 Å². The monoisotopic (exact) mass is 437 g/mol. The summed E-state index contributed by atoms with van der Waals surface area (Å²) < 4.78 is 3.89. The molecule has 0 aliphatic heterocycles. The summed E-state index contributed by atoms with van der Waals surface area (Å²) in [5, 5.41) is 11.0. The van der Waals surface area contributed by atoms with E-state index in [0.29, 0.717) is 5.56 Å².